The van der Waals surface area contributed by atoms with Gasteiger partial charge in [0, 0.05) is 26.2 Å². The highest BCUT2D eigenvalue weighted by atomic mass is 15.2. The van der Waals surface area contributed by atoms with Crippen molar-refractivity contribution in [2.45, 2.75) is 6.42 Å². The van der Waals surface area contributed by atoms with E-state index in [1.165, 1.54) is 0 Å². The highest BCUT2D eigenvalue weighted by Crippen LogP contribution is 1.92. The van der Waals surface area contributed by atoms with Crippen LogP contribution in [0.2, 0.25) is 0 Å². The maximum atomic E-state index is 5.54. The molecule has 0 aromatic rings. The summed E-state index contributed by atoms with van der Waals surface area (Å²) in [6.07, 6.45) is 1.10. The van der Waals surface area contributed by atoms with Gasteiger partial charge in [0.05, 0.1) is 0 Å². The lowest BCUT2D eigenvalue weighted by Gasteiger charge is -2.25. The number of hydrogen-bond acceptors (Lipinski definition) is 4. The molecule has 0 aliphatic heterocycles. The topological polar surface area (TPSA) is 35.7 Å². The van der Waals surface area contributed by atoms with Crippen LogP contribution in [0.4, 0.5) is 0 Å². The molecule has 0 aromatic carbocycles. The van der Waals surface area contributed by atoms with E-state index in [-0.39, 0.29) is 0 Å². The molecule has 4 nitrogen and oxygen atoms in total. The number of nitrogens with two attached hydrogens (primary N) is 1. The number of likely N-dealkylation sites (N-methyl/N-ethyl adjacent to an activating group) is 2. The maximum absolute atomic E-state index is 5.54. The SMILES string of the molecule is CN(C)CCN(CCCN)CCN(C)C. The lowest BCUT2D eigenvalue weighted by molar-refractivity contribution is 0.217. The molecule has 0 atom stereocenters. The van der Waals surface area contributed by atoms with E-state index in [0.29, 0.717) is 0 Å². The van der Waals surface area contributed by atoms with Gasteiger partial charge in [-0.1, -0.05) is 0 Å². The summed E-state index contributed by atoms with van der Waals surface area (Å²) in [5.41, 5.74) is 5.54. The van der Waals surface area contributed by atoms with E-state index >= 15 is 0 Å². The highest BCUT2D eigenvalue weighted by Gasteiger charge is 2.05. The first kappa shape index (κ1) is 14.8. The van der Waals surface area contributed by atoms with Gasteiger partial charge in [-0.2, -0.15) is 0 Å². The Labute approximate surface area is 95.0 Å². The molecule has 0 heterocycles. The van der Waals surface area contributed by atoms with Gasteiger partial charge < -0.3 is 20.4 Å². The lowest BCUT2D eigenvalue weighted by atomic mass is 10.3. The monoisotopic (exact) mass is 216 g/mol. The zero-order chi connectivity index (χ0) is 11.7. The van der Waals surface area contributed by atoms with Gasteiger partial charge in [-0.25, -0.2) is 0 Å². The molecular weight excluding hydrogens is 188 g/mol. The zero-order valence-corrected chi connectivity index (χ0v) is 10.9. The van der Waals surface area contributed by atoms with Crippen LogP contribution in [0.3, 0.4) is 0 Å². The molecule has 0 aromatic heterocycles. The first-order valence-electron chi connectivity index (χ1n) is 5.78. The van der Waals surface area contributed by atoms with Crippen LogP contribution in [-0.2, 0) is 0 Å². The Morgan fingerprint density at radius 3 is 1.53 bits per heavy atom. The molecule has 0 spiro atoms. The number of hydrogen-bond donors (Lipinski definition) is 1. The van der Waals surface area contributed by atoms with Crippen LogP contribution >= 0.6 is 0 Å². The Morgan fingerprint density at radius 1 is 0.733 bits per heavy atom. The Morgan fingerprint density at radius 2 is 1.20 bits per heavy atom. The first-order valence-corrected chi connectivity index (χ1v) is 5.78. The van der Waals surface area contributed by atoms with Gasteiger partial charge in [-0.05, 0) is 47.7 Å². The average Bonchev–Trinajstić information content (AvgIpc) is 2.16. The van der Waals surface area contributed by atoms with E-state index in [0.717, 1.165) is 45.7 Å². The Hall–Kier alpha value is -0.160. The Bertz CT molecular complexity index is 125. The van der Waals surface area contributed by atoms with Crippen LogP contribution in [-0.4, -0.2) is 82.2 Å². The minimum absolute atomic E-state index is 0.792. The average molecular weight is 216 g/mol. The van der Waals surface area contributed by atoms with E-state index < -0.39 is 0 Å². The standard InChI is InChI=1S/C11H28N4/c1-13(2)8-10-15(7-5-6-12)11-9-14(3)4/h5-12H2,1-4H3. The molecular formula is C11H28N4. The second-order valence-electron chi connectivity index (χ2n) is 4.59. The maximum Gasteiger partial charge on any atom is 0.0110 e. The third-order valence-corrected chi connectivity index (χ3v) is 2.41. The second kappa shape index (κ2) is 9.09. The molecule has 92 valence electrons. The quantitative estimate of drug-likeness (QED) is 0.577. The molecule has 2 N–H and O–H groups in total. The smallest absolute Gasteiger partial charge is 0.0110 e. The fourth-order valence-electron chi connectivity index (χ4n) is 1.33. The molecule has 0 aliphatic rings. The van der Waals surface area contributed by atoms with Gasteiger partial charge in [0.25, 0.3) is 0 Å². The van der Waals surface area contributed by atoms with Gasteiger partial charge in [-0.15, -0.1) is 0 Å². The van der Waals surface area contributed by atoms with Crippen molar-refractivity contribution in [1.82, 2.24) is 14.7 Å². The van der Waals surface area contributed by atoms with E-state index in [1.54, 1.807) is 0 Å². The van der Waals surface area contributed by atoms with E-state index in [4.69, 9.17) is 5.73 Å². The van der Waals surface area contributed by atoms with Crippen molar-refractivity contribution in [2.24, 2.45) is 5.73 Å². The van der Waals surface area contributed by atoms with E-state index in [9.17, 15) is 0 Å². The molecule has 0 bridgehead atoms. The van der Waals surface area contributed by atoms with Crippen LogP contribution in [0.1, 0.15) is 6.42 Å². The predicted molar refractivity (Wildman–Crippen MR) is 67.2 cm³/mol. The van der Waals surface area contributed by atoms with Gasteiger partial charge in [0.2, 0.25) is 0 Å². The fourth-order valence-corrected chi connectivity index (χ4v) is 1.33. The summed E-state index contributed by atoms with van der Waals surface area (Å²) < 4.78 is 0. The Balaban J connectivity index is 3.73. The van der Waals surface area contributed by atoms with Crippen molar-refractivity contribution >= 4 is 0 Å². The van der Waals surface area contributed by atoms with Crippen molar-refractivity contribution in [1.29, 1.82) is 0 Å². The Kier molecular flexibility index (Phi) is 9.00. The predicted octanol–water partition coefficient (Wildman–Crippen LogP) is -0.240. The minimum Gasteiger partial charge on any atom is -0.330 e. The minimum atomic E-state index is 0.792. The van der Waals surface area contributed by atoms with E-state index in [1.807, 2.05) is 0 Å². The van der Waals surface area contributed by atoms with Crippen molar-refractivity contribution < 1.29 is 0 Å². The van der Waals surface area contributed by atoms with Crippen LogP contribution in [0.25, 0.3) is 0 Å². The van der Waals surface area contributed by atoms with Crippen LogP contribution in [0, 0.1) is 0 Å². The molecule has 0 unspecified atom stereocenters. The van der Waals surface area contributed by atoms with Crippen LogP contribution in [0.5, 0.6) is 0 Å². The zero-order valence-electron chi connectivity index (χ0n) is 10.9. The third kappa shape index (κ3) is 10.1. The summed E-state index contributed by atoms with van der Waals surface area (Å²) in [7, 11) is 8.47. The third-order valence-electron chi connectivity index (χ3n) is 2.41. The molecule has 15 heavy (non-hydrogen) atoms. The van der Waals surface area contributed by atoms with Gasteiger partial charge >= 0.3 is 0 Å². The molecule has 0 rings (SSSR count). The molecule has 0 aliphatic carbocycles. The molecule has 0 amide bonds. The highest BCUT2D eigenvalue weighted by molar-refractivity contribution is 4.61. The van der Waals surface area contributed by atoms with Gasteiger partial charge in [-0.3, -0.25) is 0 Å². The van der Waals surface area contributed by atoms with Gasteiger partial charge in [0.15, 0.2) is 0 Å². The second-order valence-corrected chi connectivity index (χ2v) is 4.59. The molecule has 4 heteroatoms. The fraction of sp³-hybridized carbons (Fsp3) is 1.00. The van der Waals surface area contributed by atoms with Crippen molar-refractivity contribution in [2.75, 3.05) is 67.5 Å². The summed E-state index contributed by atoms with van der Waals surface area (Å²) in [6.45, 7) is 6.44. The van der Waals surface area contributed by atoms with Gasteiger partial charge in [0.1, 0.15) is 0 Å². The molecule has 0 saturated heterocycles. The summed E-state index contributed by atoms with van der Waals surface area (Å²) in [4.78, 5) is 6.95. The van der Waals surface area contributed by atoms with E-state index in [2.05, 4.69) is 42.9 Å². The summed E-state index contributed by atoms with van der Waals surface area (Å²) in [5.74, 6) is 0. The van der Waals surface area contributed by atoms with Crippen molar-refractivity contribution in [3.05, 3.63) is 0 Å². The summed E-state index contributed by atoms with van der Waals surface area (Å²) in [5, 5.41) is 0. The normalized spacial score (nSPS) is 12.0. The summed E-state index contributed by atoms with van der Waals surface area (Å²) >= 11 is 0. The van der Waals surface area contributed by atoms with Crippen LogP contribution in [0.15, 0.2) is 0 Å². The van der Waals surface area contributed by atoms with Crippen molar-refractivity contribution in [3.63, 3.8) is 0 Å². The molecule has 0 fully saturated rings. The van der Waals surface area contributed by atoms with Crippen molar-refractivity contribution in [3.8, 4) is 0 Å². The van der Waals surface area contributed by atoms with Crippen LogP contribution < -0.4 is 5.73 Å². The molecule has 0 radical (unpaired) electrons. The largest absolute Gasteiger partial charge is 0.330 e. The molecule has 0 saturated carbocycles. The lowest BCUT2D eigenvalue weighted by Crippen LogP contribution is -2.37. The number of nitrogens with zero attached hydrogens (tertiary/aromatic N) is 3. The first-order chi connectivity index (χ1) is 7.06. The summed E-state index contributed by atoms with van der Waals surface area (Å²) in [6, 6.07) is 0. The number of rotatable bonds is 9.